The summed E-state index contributed by atoms with van der Waals surface area (Å²) in [6.07, 6.45) is 6.91. The predicted octanol–water partition coefficient (Wildman–Crippen LogP) is 2.36. The molecule has 1 N–H and O–H groups in total. The van der Waals surface area contributed by atoms with Crippen LogP contribution >= 0.6 is 0 Å². The van der Waals surface area contributed by atoms with E-state index in [0.717, 1.165) is 32.1 Å². The average molecular weight is 397 g/mol. The smallest absolute Gasteiger partial charge is 0.240 e. The summed E-state index contributed by atoms with van der Waals surface area (Å²) in [5.41, 5.74) is -1.14. The lowest BCUT2D eigenvalue weighted by Crippen LogP contribution is -2.52. The van der Waals surface area contributed by atoms with Gasteiger partial charge in [0.15, 0.2) is 15.6 Å². The molecule has 2 heterocycles. The maximum atomic E-state index is 13.0. The van der Waals surface area contributed by atoms with Crippen LogP contribution in [0, 0.1) is 5.92 Å². The lowest BCUT2D eigenvalue weighted by molar-refractivity contribution is -0.129. The second kappa shape index (κ2) is 8.14. The van der Waals surface area contributed by atoms with E-state index in [-0.39, 0.29) is 30.5 Å². The summed E-state index contributed by atoms with van der Waals surface area (Å²) in [4.78, 5) is 24.5. The summed E-state index contributed by atoms with van der Waals surface area (Å²) in [6, 6.07) is 3.22. The zero-order chi connectivity index (χ0) is 19.5. The largest absolute Gasteiger partial charge is 0.468 e. The van der Waals surface area contributed by atoms with Gasteiger partial charge in [0.25, 0.3) is 0 Å². The van der Waals surface area contributed by atoms with Crippen LogP contribution in [0.1, 0.15) is 57.6 Å². The van der Waals surface area contributed by atoms with Crippen molar-refractivity contribution in [3.63, 3.8) is 0 Å². The molecule has 0 aromatic carbocycles. The molecule has 2 fully saturated rings. The molecule has 1 aromatic heterocycles. The molecule has 1 aromatic rings. The average Bonchev–Trinajstić information content (AvgIpc) is 3.22. The molecule has 2 unspecified atom stereocenters. The van der Waals surface area contributed by atoms with Gasteiger partial charge in [0.1, 0.15) is 29.1 Å². The van der Waals surface area contributed by atoms with Crippen molar-refractivity contribution < 1.29 is 27.2 Å². The van der Waals surface area contributed by atoms with Crippen LogP contribution in [0.2, 0.25) is 0 Å². The Morgan fingerprint density at radius 3 is 2.67 bits per heavy atom. The van der Waals surface area contributed by atoms with Crippen molar-refractivity contribution in [3.8, 4) is 0 Å². The van der Waals surface area contributed by atoms with Crippen LogP contribution < -0.4 is 5.32 Å². The Morgan fingerprint density at radius 2 is 2.07 bits per heavy atom. The van der Waals surface area contributed by atoms with E-state index in [1.165, 1.54) is 6.26 Å². The van der Waals surface area contributed by atoms with E-state index in [2.05, 4.69) is 5.32 Å². The van der Waals surface area contributed by atoms with Crippen molar-refractivity contribution in [1.29, 1.82) is 0 Å². The third kappa shape index (κ3) is 5.19. The molecule has 2 aliphatic rings. The molecule has 2 atom stereocenters. The third-order valence-corrected chi connectivity index (χ3v) is 7.36. The van der Waals surface area contributed by atoms with Crippen molar-refractivity contribution in [2.75, 3.05) is 6.61 Å². The van der Waals surface area contributed by atoms with E-state index in [4.69, 9.17) is 9.15 Å². The highest BCUT2D eigenvalue weighted by atomic mass is 32.2. The van der Waals surface area contributed by atoms with Gasteiger partial charge in [-0.05, 0) is 31.4 Å². The van der Waals surface area contributed by atoms with Gasteiger partial charge in [-0.3, -0.25) is 9.59 Å². The number of carbonyl (C=O) groups excluding carboxylic acids is 2. The molecule has 0 bridgehead atoms. The van der Waals surface area contributed by atoms with Crippen molar-refractivity contribution in [2.45, 2.75) is 68.6 Å². The number of furan rings is 1. The van der Waals surface area contributed by atoms with Gasteiger partial charge < -0.3 is 14.5 Å². The topological polar surface area (TPSA) is 103 Å². The zero-order valence-electron chi connectivity index (χ0n) is 15.6. The molecule has 1 saturated carbocycles. The van der Waals surface area contributed by atoms with Gasteiger partial charge >= 0.3 is 0 Å². The minimum Gasteiger partial charge on any atom is -0.468 e. The highest BCUT2D eigenvalue weighted by Gasteiger charge is 2.42. The molecule has 0 spiro atoms. The summed E-state index contributed by atoms with van der Waals surface area (Å²) in [6.45, 7) is 1.54. The van der Waals surface area contributed by atoms with Gasteiger partial charge in [0, 0.05) is 0 Å². The maximum Gasteiger partial charge on any atom is 0.240 e. The number of sulfone groups is 1. The first-order chi connectivity index (χ1) is 12.8. The van der Waals surface area contributed by atoms with Gasteiger partial charge in [0.2, 0.25) is 5.91 Å². The van der Waals surface area contributed by atoms with Crippen LogP contribution in [-0.2, 0) is 29.9 Å². The van der Waals surface area contributed by atoms with E-state index in [9.17, 15) is 18.0 Å². The molecule has 1 saturated heterocycles. The van der Waals surface area contributed by atoms with E-state index in [0.29, 0.717) is 12.2 Å². The molecule has 0 radical (unpaired) electrons. The van der Waals surface area contributed by atoms with Crippen molar-refractivity contribution >= 4 is 21.5 Å². The molecular formula is C19H27NO6S. The number of hydrogen-bond donors (Lipinski definition) is 1. The standard InChI is InChI=1S/C19H27NO6S/c1-19(11-15(21)12-26-19)20-18(22)17(10-14-6-3-2-4-7-14)27(23,24)13-16-8-5-9-25-16/h5,8-9,14,17H,2-4,6-7,10-13H2,1H3,(H,20,22). The van der Waals surface area contributed by atoms with Crippen molar-refractivity contribution in [1.82, 2.24) is 5.32 Å². The number of carbonyl (C=O) groups is 2. The number of Topliss-reactive ketones (excluding diaryl/α,β-unsaturated/α-hetero) is 1. The Morgan fingerprint density at radius 1 is 1.33 bits per heavy atom. The molecule has 7 nitrogen and oxygen atoms in total. The van der Waals surface area contributed by atoms with E-state index >= 15 is 0 Å². The Balaban J connectivity index is 1.77. The van der Waals surface area contributed by atoms with E-state index in [1.54, 1.807) is 19.1 Å². The summed E-state index contributed by atoms with van der Waals surface area (Å²) in [5.74, 6) is -0.499. The SMILES string of the molecule is CC1(NC(=O)C(CC2CCCCC2)S(=O)(=O)Cc2ccco2)CC(=O)CO1. The molecule has 3 rings (SSSR count). The molecular weight excluding hydrogens is 370 g/mol. The molecule has 1 aliphatic heterocycles. The second-order valence-corrected chi connectivity index (χ2v) is 10.0. The molecule has 1 aliphatic carbocycles. The fourth-order valence-electron chi connectivity index (χ4n) is 3.98. The zero-order valence-corrected chi connectivity index (χ0v) is 16.4. The fraction of sp³-hybridized carbons (Fsp3) is 0.684. The van der Waals surface area contributed by atoms with Gasteiger partial charge in [-0.2, -0.15) is 0 Å². The van der Waals surface area contributed by atoms with Crippen LogP contribution in [0.25, 0.3) is 0 Å². The first kappa shape index (κ1) is 20.1. The Kier molecular flexibility index (Phi) is 6.05. The summed E-state index contributed by atoms with van der Waals surface area (Å²) in [5, 5.41) is 1.49. The number of ketones is 1. The van der Waals surface area contributed by atoms with E-state index in [1.807, 2.05) is 0 Å². The predicted molar refractivity (Wildman–Crippen MR) is 98.4 cm³/mol. The quantitative estimate of drug-likeness (QED) is 0.758. The van der Waals surface area contributed by atoms with Gasteiger partial charge in [-0.25, -0.2) is 8.42 Å². The van der Waals surface area contributed by atoms with Crippen LogP contribution in [0.15, 0.2) is 22.8 Å². The highest BCUT2D eigenvalue weighted by Crippen LogP contribution is 2.31. The molecule has 150 valence electrons. The maximum absolute atomic E-state index is 13.0. The van der Waals surface area contributed by atoms with Gasteiger partial charge in [-0.15, -0.1) is 0 Å². The van der Waals surface area contributed by atoms with Crippen LogP contribution in [0.4, 0.5) is 0 Å². The minimum absolute atomic E-state index is 0.0487. The lowest BCUT2D eigenvalue weighted by atomic mass is 9.86. The van der Waals surface area contributed by atoms with Crippen LogP contribution in [0.3, 0.4) is 0 Å². The number of rotatable bonds is 7. The first-order valence-corrected chi connectivity index (χ1v) is 11.2. The van der Waals surface area contributed by atoms with Gasteiger partial charge in [0.05, 0.1) is 12.7 Å². The summed E-state index contributed by atoms with van der Waals surface area (Å²) >= 11 is 0. The Labute approximate surface area is 159 Å². The fourth-order valence-corrected chi connectivity index (χ4v) is 5.69. The number of nitrogens with one attached hydrogen (secondary N) is 1. The highest BCUT2D eigenvalue weighted by molar-refractivity contribution is 7.92. The summed E-state index contributed by atoms with van der Waals surface area (Å²) < 4.78 is 36.6. The number of hydrogen-bond acceptors (Lipinski definition) is 6. The Hall–Kier alpha value is -1.67. The van der Waals surface area contributed by atoms with Gasteiger partial charge in [-0.1, -0.05) is 32.1 Å². The molecule has 27 heavy (non-hydrogen) atoms. The molecule has 8 heteroatoms. The first-order valence-electron chi connectivity index (χ1n) is 9.49. The molecule has 1 amide bonds. The summed E-state index contributed by atoms with van der Waals surface area (Å²) in [7, 11) is -3.77. The van der Waals surface area contributed by atoms with Crippen LogP contribution in [0.5, 0.6) is 0 Å². The monoisotopic (exact) mass is 397 g/mol. The van der Waals surface area contributed by atoms with E-state index < -0.39 is 26.7 Å². The Bertz CT molecular complexity index is 766. The van der Waals surface area contributed by atoms with Crippen molar-refractivity contribution in [3.05, 3.63) is 24.2 Å². The third-order valence-electron chi connectivity index (χ3n) is 5.40. The van der Waals surface area contributed by atoms with Crippen LogP contribution in [-0.4, -0.2) is 37.7 Å². The normalized spacial score (nSPS) is 25.4. The number of ether oxygens (including phenoxy) is 1. The lowest BCUT2D eigenvalue weighted by Gasteiger charge is -2.29. The second-order valence-electron chi connectivity index (χ2n) is 7.84. The number of amides is 1. The minimum atomic E-state index is -3.77. The van der Waals surface area contributed by atoms with Crippen molar-refractivity contribution in [2.24, 2.45) is 5.92 Å².